The Balaban J connectivity index is 1.71. The first-order chi connectivity index (χ1) is 13.8. The van der Waals surface area contributed by atoms with E-state index >= 15 is 0 Å². The number of hydrogen-bond donors (Lipinski definition) is 1. The summed E-state index contributed by atoms with van der Waals surface area (Å²) in [5.74, 6) is -1.02. The van der Waals surface area contributed by atoms with Gasteiger partial charge in [-0.2, -0.15) is 4.31 Å². The smallest absolute Gasteiger partial charge is 0.338 e. The third-order valence-corrected chi connectivity index (χ3v) is 7.75. The molecule has 2 fully saturated rings. The van der Waals surface area contributed by atoms with Crippen molar-refractivity contribution in [2.75, 3.05) is 13.1 Å². The van der Waals surface area contributed by atoms with Gasteiger partial charge in [0, 0.05) is 19.1 Å². The number of sulfonamides is 1. The zero-order chi connectivity index (χ0) is 21.0. The molecule has 0 unspecified atom stereocenters. The molecule has 0 aromatic heterocycles. The standard InChI is InChI=1S/C21H30N2O5S/c1-15-10-11-17(14-19(15)29(26,27)23-12-6-3-7-13-23)21(25)28-16(2)20(24)22-18-8-4-5-9-18/h10-11,14,16,18H,3-9,12-13H2,1-2H3,(H,22,24)/t16-/m0/s1. The minimum atomic E-state index is -3.66. The van der Waals surface area contributed by atoms with Gasteiger partial charge in [0.2, 0.25) is 10.0 Å². The van der Waals surface area contributed by atoms with Crippen LogP contribution in [0.3, 0.4) is 0 Å². The lowest BCUT2D eigenvalue weighted by atomic mass is 10.1. The van der Waals surface area contributed by atoms with E-state index in [9.17, 15) is 18.0 Å². The van der Waals surface area contributed by atoms with Crippen LogP contribution in [0.4, 0.5) is 0 Å². The van der Waals surface area contributed by atoms with Crippen molar-refractivity contribution in [2.45, 2.75) is 75.8 Å². The molecule has 1 N–H and O–H groups in total. The molecule has 7 nitrogen and oxygen atoms in total. The summed E-state index contributed by atoms with van der Waals surface area (Å²) < 4.78 is 32.8. The van der Waals surface area contributed by atoms with Crippen molar-refractivity contribution < 1.29 is 22.7 Å². The molecule has 8 heteroatoms. The van der Waals surface area contributed by atoms with E-state index in [1.807, 2.05) is 0 Å². The van der Waals surface area contributed by atoms with Gasteiger partial charge < -0.3 is 10.1 Å². The topological polar surface area (TPSA) is 92.8 Å². The molecule has 0 bridgehead atoms. The molecule has 1 aliphatic heterocycles. The number of amides is 1. The summed E-state index contributed by atoms with van der Waals surface area (Å²) in [5.41, 5.74) is 0.714. The normalized spacial score (nSPS) is 19.7. The fraction of sp³-hybridized carbons (Fsp3) is 0.619. The van der Waals surface area contributed by atoms with Gasteiger partial charge in [-0.25, -0.2) is 13.2 Å². The van der Waals surface area contributed by atoms with Gasteiger partial charge in [0.05, 0.1) is 10.5 Å². The van der Waals surface area contributed by atoms with Crippen LogP contribution in [0.5, 0.6) is 0 Å². The molecule has 0 spiro atoms. The maximum absolute atomic E-state index is 13.0. The first-order valence-electron chi connectivity index (χ1n) is 10.4. The maximum atomic E-state index is 13.0. The molecule has 2 aliphatic rings. The maximum Gasteiger partial charge on any atom is 0.338 e. The molecule has 0 radical (unpaired) electrons. The summed E-state index contributed by atoms with van der Waals surface area (Å²) in [6.45, 7) is 4.23. The molecule has 1 aromatic rings. The van der Waals surface area contributed by atoms with Gasteiger partial charge in [-0.1, -0.05) is 25.3 Å². The predicted molar refractivity (Wildman–Crippen MR) is 109 cm³/mol. The summed E-state index contributed by atoms with van der Waals surface area (Å²) in [4.78, 5) is 24.9. The Hall–Kier alpha value is -1.93. The van der Waals surface area contributed by atoms with Crippen molar-refractivity contribution in [1.29, 1.82) is 0 Å². The zero-order valence-corrected chi connectivity index (χ0v) is 18.0. The van der Waals surface area contributed by atoms with E-state index < -0.39 is 22.1 Å². The van der Waals surface area contributed by atoms with E-state index in [4.69, 9.17) is 4.74 Å². The summed E-state index contributed by atoms with van der Waals surface area (Å²) in [5, 5.41) is 2.90. The van der Waals surface area contributed by atoms with Crippen molar-refractivity contribution in [3.8, 4) is 0 Å². The average molecular weight is 423 g/mol. The highest BCUT2D eigenvalue weighted by atomic mass is 32.2. The Morgan fingerprint density at radius 2 is 1.76 bits per heavy atom. The number of carbonyl (C=O) groups excluding carboxylic acids is 2. The monoisotopic (exact) mass is 422 g/mol. The lowest BCUT2D eigenvalue weighted by Gasteiger charge is -2.26. The highest BCUT2D eigenvalue weighted by Gasteiger charge is 2.29. The number of piperidine rings is 1. The number of rotatable bonds is 6. The Morgan fingerprint density at radius 3 is 2.41 bits per heavy atom. The Kier molecular flexibility index (Phi) is 6.95. The Bertz CT molecular complexity index is 856. The number of carbonyl (C=O) groups is 2. The fourth-order valence-corrected chi connectivity index (χ4v) is 5.69. The van der Waals surface area contributed by atoms with Crippen molar-refractivity contribution >= 4 is 21.9 Å². The molecule has 1 amide bonds. The van der Waals surface area contributed by atoms with Gasteiger partial charge in [0.1, 0.15) is 0 Å². The highest BCUT2D eigenvalue weighted by Crippen LogP contribution is 2.25. The van der Waals surface area contributed by atoms with Crippen LogP contribution in [0.25, 0.3) is 0 Å². The number of benzene rings is 1. The van der Waals surface area contributed by atoms with E-state index in [-0.39, 0.29) is 22.4 Å². The van der Waals surface area contributed by atoms with Gasteiger partial charge in [-0.3, -0.25) is 4.79 Å². The van der Waals surface area contributed by atoms with E-state index in [1.165, 1.54) is 23.4 Å². The third-order valence-electron chi connectivity index (χ3n) is 5.71. The predicted octanol–water partition coefficient (Wildman–Crippen LogP) is 2.77. The van der Waals surface area contributed by atoms with Crippen LogP contribution in [0, 0.1) is 6.92 Å². The highest BCUT2D eigenvalue weighted by molar-refractivity contribution is 7.89. The Labute approximate surface area is 172 Å². The minimum absolute atomic E-state index is 0.122. The van der Waals surface area contributed by atoms with Crippen molar-refractivity contribution in [3.05, 3.63) is 29.3 Å². The number of nitrogens with one attached hydrogen (secondary N) is 1. The second kappa shape index (κ2) is 9.26. The summed E-state index contributed by atoms with van der Waals surface area (Å²) in [7, 11) is -3.66. The molecule has 1 saturated carbocycles. The Morgan fingerprint density at radius 1 is 1.10 bits per heavy atom. The number of aryl methyl sites for hydroxylation is 1. The van der Waals surface area contributed by atoms with Crippen LogP contribution in [0.1, 0.15) is 67.8 Å². The van der Waals surface area contributed by atoms with Crippen LogP contribution >= 0.6 is 0 Å². The molecular weight excluding hydrogens is 392 g/mol. The lowest BCUT2D eigenvalue weighted by molar-refractivity contribution is -0.129. The molecule has 160 valence electrons. The van der Waals surface area contributed by atoms with E-state index in [1.54, 1.807) is 13.0 Å². The summed E-state index contributed by atoms with van der Waals surface area (Å²) in [6.07, 6.45) is 5.85. The van der Waals surface area contributed by atoms with E-state index in [0.717, 1.165) is 44.9 Å². The number of esters is 1. The van der Waals surface area contributed by atoms with Gasteiger partial charge in [-0.15, -0.1) is 0 Å². The van der Waals surface area contributed by atoms with E-state index in [0.29, 0.717) is 18.7 Å². The zero-order valence-electron chi connectivity index (χ0n) is 17.1. The van der Waals surface area contributed by atoms with Gasteiger partial charge in [-0.05, 0) is 57.2 Å². The lowest BCUT2D eigenvalue weighted by Crippen LogP contribution is -2.40. The van der Waals surface area contributed by atoms with Crippen LogP contribution in [0.15, 0.2) is 23.1 Å². The molecule has 1 heterocycles. The van der Waals surface area contributed by atoms with Crippen LogP contribution < -0.4 is 5.32 Å². The summed E-state index contributed by atoms with van der Waals surface area (Å²) >= 11 is 0. The molecule has 3 rings (SSSR count). The second-order valence-electron chi connectivity index (χ2n) is 7.98. The first-order valence-corrected chi connectivity index (χ1v) is 11.8. The molecular formula is C21H30N2O5S. The van der Waals surface area contributed by atoms with Crippen LogP contribution in [-0.4, -0.2) is 49.8 Å². The number of ether oxygens (including phenoxy) is 1. The second-order valence-corrected chi connectivity index (χ2v) is 9.89. The van der Waals surface area contributed by atoms with Crippen molar-refractivity contribution in [3.63, 3.8) is 0 Å². The quantitative estimate of drug-likeness (QED) is 0.712. The first kappa shape index (κ1) is 21.8. The van der Waals surface area contributed by atoms with Gasteiger partial charge in [0.15, 0.2) is 6.10 Å². The third kappa shape index (κ3) is 5.17. The summed E-state index contributed by atoms with van der Waals surface area (Å²) in [6, 6.07) is 4.65. The van der Waals surface area contributed by atoms with Gasteiger partial charge in [0.25, 0.3) is 5.91 Å². The average Bonchev–Trinajstić information content (AvgIpc) is 3.21. The molecule has 1 aromatic carbocycles. The fourth-order valence-electron chi connectivity index (χ4n) is 3.92. The SMILES string of the molecule is Cc1ccc(C(=O)O[C@@H](C)C(=O)NC2CCCC2)cc1S(=O)(=O)N1CCCCC1. The molecule has 1 saturated heterocycles. The van der Waals surface area contributed by atoms with Crippen LogP contribution in [-0.2, 0) is 19.6 Å². The van der Waals surface area contributed by atoms with Crippen molar-refractivity contribution in [2.24, 2.45) is 0 Å². The van der Waals surface area contributed by atoms with Crippen LogP contribution in [0.2, 0.25) is 0 Å². The van der Waals surface area contributed by atoms with E-state index in [2.05, 4.69) is 5.32 Å². The number of nitrogens with zero attached hydrogens (tertiary/aromatic N) is 1. The number of hydrogen-bond acceptors (Lipinski definition) is 5. The van der Waals surface area contributed by atoms with Crippen molar-refractivity contribution in [1.82, 2.24) is 9.62 Å². The molecule has 1 atom stereocenters. The molecule has 1 aliphatic carbocycles. The largest absolute Gasteiger partial charge is 0.449 e. The minimum Gasteiger partial charge on any atom is -0.449 e. The molecule has 29 heavy (non-hydrogen) atoms. The van der Waals surface area contributed by atoms with Gasteiger partial charge >= 0.3 is 5.97 Å².